The lowest BCUT2D eigenvalue weighted by Gasteiger charge is -2.08. The van der Waals surface area contributed by atoms with E-state index in [9.17, 15) is 8.42 Å². The quantitative estimate of drug-likeness (QED) is 0.793. The van der Waals surface area contributed by atoms with Crippen LogP contribution < -0.4 is 10.5 Å². The normalized spacial score (nSPS) is 11.2. The molecule has 0 amide bonds. The Morgan fingerprint density at radius 3 is 2.42 bits per heavy atom. The molecule has 0 fully saturated rings. The summed E-state index contributed by atoms with van der Waals surface area (Å²) in [6.07, 6.45) is 0. The molecule has 5 heteroatoms. The zero-order valence-electron chi connectivity index (χ0n) is 11.3. The Bertz CT molecular complexity index is 551. The van der Waals surface area contributed by atoms with Gasteiger partial charge in [-0.05, 0) is 23.6 Å². The molecule has 0 aliphatic carbocycles. The molecule has 1 aromatic carbocycles. The fraction of sp³-hybridized carbons (Fsp3) is 0.429. The van der Waals surface area contributed by atoms with Crippen molar-refractivity contribution in [3.8, 4) is 11.8 Å². The number of benzene rings is 1. The Labute approximate surface area is 115 Å². The molecule has 4 nitrogen and oxygen atoms in total. The summed E-state index contributed by atoms with van der Waals surface area (Å²) in [5, 5.41) is 0. The number of sulfonamides is 1. The summed E-state index contributed by atoms with van der Waals surface area (Å²) in [4.78, 5) is 0. The fourth-order valence-electron chi connectivity index (χ4n) is 1.55. The number of nitrogens with one attached hydrogen (secondary N) is 1. The van der Waals surface area contributed by atoms with Crippen molar-refractivity contribution in [2.75, 3.05) is 12.3 Å². The van der Waals surface area contributed by atoms with Crippen molar-refractivity contribution in [1.82, 2.24) is 4.72 Å². The molecule has 0 atom stereocenters. The molecule has 0 heterocycles. The predicted octanol–water partition coefficient (Wildman–Crippen LogP) is 1.07. The van der Waals surface area contributed by atoms with Gasteiger partial charge >= 0.3 is 0 Å². The average Bonchev–Trinajstić information content (AvgIpc) is 2.34. The molecule has 19 heavy (non-hydrogen) atoms. The van der Waals surface area contributed by atoms with E-state index in [1.165, 1.54) is 0 Å². The van der Waals surface area contributed by atoms with Gasteiger partial charge in [-0.25, -0.2) is 13.1 Å². The van der Waals surface area contributed by atoms with E-state index in [1.807, 2.05) is 38.1 Å². The zero-order chi connectivity index (χ0) is 14.3. The van der Waals surface area contributed by atoms with Crippen molar-refractivity contribution in [2.24, 2.45) is 11.7 Å². The molecule has 1 aromatic rings. The highest BCUT2D eigenvalue weighted by molar-refractivity contribution is 7.89. The molecule has 104 valence electrons. The van der Waals surface area contributed by atoms with Crippen molar-refractivity contribution < 1.29 is 8.42 Å². The van der Waals surface area contributed by atoms with E-state index >= 15 is 0 Å². The third-order valence-electron chi connectivity index (χ3n) is 2.34. The summed E-state index contributed by atoms with van der Waals surface area (Å²) in [6.45, 7) is 4.39. The van der Waals surface area contributed by atoms with Crippen molar-refractivity contribution >= 4 is 10.0 Å². The second-order valence-corrected chi connectivity index (χ2v) is 6.55. The third-order valence-corrected chi connectivity index (χ3v) is 4.03. The maximum Gasteiger partial charge on any atom is 0.212 e. The van der Waals surface area contributed by atoms with Crippen LogP contribution in [0.25, 0.3) is 0 Å². The topological polar surface area (TPSA) is 72.2 Å². The standard InChI is InChI=1S/C14H20N2O2S/c1-12(2)11-19(17,18)16-10-14-7-5-13(6-8-14)4-3-9-15/h5-8,12,16H,9-11,15H2,1-2H3. The molecule has 0 saturated carbocycles. The Hall–Kier alpha value is -1.35. The van der Waals surface area contributed by atoms with Crippen LogP contribution in [-0.2, 0) is 16.6 Å². The molecule has 0 bridgehead atoms. The van der Waals surface area contributed by atoms with Crippen LogP contribution in [0, 0.1) is 17.8 Å². The minimum Gasteiger partial charge on any atom is -0.320 e. The average molecular weight is 280 g/mol. The molecular formula is C14H20N2O2S. The summed E-state index contributed by atoms with van der Waals surface area (Å²) >= 11 is 0. The predicted molar refractivity (Wildman–Crippen MR) is 77.8 cm³/mol. The first-order valence-corrected chi connectivity index (χ1v) is 7.83. The van der Waals surface area contributed by atoms with Gasteiger partial charge in [-0.3, -0.25) is 0 Å². The molecular weight excluding hydrogens is 260 g/mol. The van der Waals surface area contributed by atoms with Crippen LogP contribution in [0.3, 0.4) is 0 Å². The first-order valence-electron chi connectivity index (χ1n) is 6.18. The van der Waals surface area contributed by atoms with Gasteiger partial charge in [0.1, 0.15) is 0 Å². The first kappa shape index (κ1) is 15.7. The molecule has 0 radical (unpaired) electrons. The monoisotopic (exact) mass is 280 g/mol. The Morgan fingerprint density at radius 2 is 1.89 bits per heavy atom. The van der Waals surface area contributed by atoms with Gasteiger partial charge in [0, 0.05) is 12.1 Å². The highest BCUT2D eigenvalue weighted by Gasteiger charge is 2.11. The van der Waals surface area contributed by atoms with E-state index < -0.39 is 10.0 Å². The van der Waals surface area contributed by atoms with Crippen molar-refractivity contribution in [3.63, 3.8) is 0 Å². The first-order chi connectivity index (χ1) is 8.93. The molecule has 0 saturated heterocycles. The highest BCUT2D eigenvalue weighted by atomic mass is 32.2. The number of hydrogen-bond acceptors (Lipinski definition) is 3. The van der Waals surface area contributed by atoms with Gasteiger partial charge in [-0.1, -0.05) is 37.8 Å². The van der Waals surface area contributed by atoms with E-state index in [4.69, 9.17) is 5.73 Å². The van der Waals surface area contributed by atoms with Crippen LogP contribution in [0.5, 0.6) is 0 Å². The number of hydrogen-bond donors (Lipinski definition) is 2. The lowest BCUT2D eigenvalue weighted by atomic mass is 10.1. The second-order valence-electron chi connectivity index (χ2n) is 4.70. The molecule has 3 N–H and O–H groups in total. The molecule has 0 aliphatic heterocycles. The van der Waals surface area contributed by atoms with E-state index in [-0.39, 0.29) is 11.7 Å². The summed E-state index contributed by atoms with van der Waals surface area (Å²) in [7, 11) is -3.20. The van der Waals surface area contributed by atoms with E-state index in [2.05, 4.69) is 16.6 Å². The Balaban J connectivity index is 2.59. The van der Waals surface area contributed by atoms with Gasteiger partial charge < -0.3 is 5.73 Å². The lowest BCUT2D eigenvalue weighted by Crippen LogP contribution is -2.28. The zero-order valence-corrected chi connectivity index (χ0v) is 12.1. The summed E-state index contributed by atoms with van der Waals surface area (Å²) in [6, 6.07) is 7.43. The number of nitrogens with two attached hydrogens (primary N) is 1. The SMILES string of the molecule is CC(C)CS(=O)(=O)NCc1ccc(C#CCN)cc1. The number of rotatable bonds is 5. The molecule has 0 spiro atoms. The van der Waals surface area contributed by atoms with E-state index in [1.54, 1.807) is 0 Å². The summed E-state index contributed by atoms with van der Waals surface area (Å²) < 4.78 is 25.9. The van der Waals surface area contributed by atoms with Gasteiger partial charge in [-0.15, -0.1) is 0 Å². The summed E-state index contributed by atoms with van der Waals surface area (Å²) in [5.74, 6) is 5.95. The van der Waals surface area contributed by atoms with Gasteiger partial charge in [0.2, 0.25) is 10.0 Å². The minimum atomic E-state index is -3.20. The largest absolute Gasteiger partial charge is 0.320 e. The molecule has 1 rings (SSSR count). The van der Waals surface area contributed by atoms with Gasteiger partial charge in [0.25, 0.3) is 0 Å². The maximum atomic E-state index is 11.7. The van der Waals surface area contributed by atoms with Crippen LogP contribution in [-0.4, -0.2) is 20.7 Å². The van der Waals surface area contributed by atoms with Gasteiger partial charge in [0.15, 0.2) is 0 Å². The van der Waals surface area contributed by atoms with Crippen molar-refractivity contribution in [3.05, 3.63) is 35.4 Å². The maximum absolute atomic E-state index is 11.7. The highest BCUT2D eigenvalue weighted by Crippen LogP contribution is 2.05. The van der Waals surface area contributed by atoms with Crippen LogP contribution in [0.15, 0.2) is 24.3 Å². The fourth-order valence-corrected chi connectivity index (χ4v) is 2.93. The third kappa shape index (κ3) is 6.39. The van der Waals surface area contributed by atoms with Crippen LogP contribution >= 0.6 is 0 Å². The minimum absolute atomic E-state index is 0.117. The van der Waals surface area contributed by atoms with Gasteiger partial charge in [0.05, 0.1) is 12.3 Å². The lowest BCUT2D eigenvalue weighted by molar-refractivity contribution is 0.568. The van der Waals surface area contributed by atoms with E-state index in [0.29, 0.717) is 13.1 Å². The van der Waals surface area contributed by atoms with Crippen LogP contribution in [0.1, 0.15) is 25.0 Å². The second kappa shape index (κ2) is 7.29. The van der Waals surface area contributed by atoms with Crippen LogP contribution in [0.4, 0.5) is 0 Å². The van der Waals surface area contributed by atoms with E-state index in [0.717, 1.165) is 11.1 Å². The smallest absolute Gasteiger partial charge is 0.212 e. The Kier molecular flexibility index (Phi) is 6.03. The van der Waals surface area contributed by atoms with Crippen molar-refractivity contribution in [2.45, 2.75) is 20.4 Å². The van der Waals surface area contributed by atoms with Crippen LogP contribution in [0.2, 0.25) is 0 Å². The van der Waals surface area contributed by atoms with Crippen molar-refractivity contribution in [1.29, 1.82) is 0 Å². The molecule has 0 aliphatic rings. The molecule has 0 unspecified atom stereocenters. The summed E-state index contributed by atoms with van der Waals surface area (Å²) in [5.41, 5.74) is 7.07. The van der Waals surface area contributed by atoms with Gasteiger partial charge in [-0.2, -0.15) is 0 Å². The molecule has 0 aromatic heterocycles. The Morgan fingerprint density at radius 1 is 1.26 bits per heavy atom.